The van der Waals surface area contributed by atoms with Crippen LogP contribution in [0.1, 0.15) is 0 Å². The molecule has 0 atom stereocenters. The first-order valence-corrected chi connectivity index (χ1v) is 5.87. The minimum absolute atomic E-state index is 0.864. The standard InChI is InChI=1S/C15H11NS/c1-16-14-12-8-4-2-6-10(12)11-7-3-5-9-13(11)15(14)17/h2-9,17H,1H2. The fraction of sp³-hybridized carbons (Fsp3) is 0. The molecule has 0 aromatic heterocycles. The van der Waals surface area contributed by atoms with E-state index >= 15 is 0 Å². The smallest absolute Gasteiger partial charge is 0.0840 e. The minimum Gasteiger partial charge on any atom is -0.263 e. The van der Waals surface area contributed by atoms with Crippen molar-refractivity contribution in [2.45, 2.75) is 4.90 Å². The molecule has 0 aliphatic rings. The molecule has 0 aliphatic carbocycles. The highest BCUT2D eigenvalue weighted by atomic mass is 32.1. The number of hydrogen-bond acceptors (Lipinski definition) is 2. The Morgan fingerprint density at radius 3 is 1.82 bits per heavy atom. The normalized spacial score (nSPS) is 10.9. The second-order valence-electron chi connectivity index (χ2n) is 3.95. The second kappa shape index (κ2) is 3.90. The molecule has 0 saturated carbocycles. The Bertz CT molecular complexity index is 731. The van der Waals surface area contributed by atoms with E-state index in [9.17, 15) is 0 Å². The van der Waals surface area contributed by atoms with Gasteiger partial charge in [-0.2, -0.15) is 0 Å². The van der Waals surface area contributed by atoms with E-state index in [0.29, 0.717) is 0 Å². The van der Waals surface area contributed by atoms with Crippen molar-refractivity contribution in [2.75, 3.05) is 0 Å². The zero-order valence-electron chi connectivity index (χ0n) is 9.22. The SMILES string of the molecule is C=Nc1c(S)c2ccccc2c2ccccc12. The summed E-state index contributed by atoms with van der Waals surface area (Å²) < 4.78 is 0. The van der Waals surface area contributed by atoms with Gasteiger partial charge in [0.1, 0.15) is 0 Å². The molecule has 3 aromatic rings. The minimum atomic E-state index is 0.864. The zero-order valence-corrected chi connectivity index (χ0v) is 10.1. The topological polar surface area (TPSA) is 12.4 Å². The molecule has 0 radical (unpaired) electrons. The largest absolute Gasteiger partial charge is 0.263 e. The number of nitrogens with zero attached hydrogens (tertiary/aromatic N) is 1. The van der Waals surface area contributed by atoms with Crippen LogP contribution in [-0.2, 0) is 0 Å². The van der Waals surface area contributed by atoms with Crippen LogP contribution in [0, 0.1) is 0 Å². The number of benzene rings is 3. The molecular weight excluding hydrogens is 226 g/mol. The number of aliphatic imine (C=N–C) groups is 1. The Balaban J connectivity index is 2.68. The van der Waals surface area contributed by atoms with Gasteiger partial charge in [-0.15, -0.1) is 12.6 Å². The molecule has 0 amide bonds. The van der Waals surface area contributed by atoms with Crippen LogP contribution >= 0.6 is 12.6 Å². The summed E-state index contributed by atoms with van der Waals surface area (Å²) in [6.07, 6.45) is 0. The molecule has 0 N–H and O–H groups in total. The highest BCUT2D eigenvalue weighted by molar-refractivity contribution is 7.80. The summed E-state index contributed by atoms with van der Waals surface area (Å²) in [6.45, 7) is 3.65. The molecular formula is C15H11NS. The molecule has 0 unspecified atom stereocenters. The van der Waals surface area contributed by atoms with Gasteiger partial charge in [0, 0.05) is 10.3 Å². The van der Waals surface area contributed by atoms with E-state index in [-0.39, 0.29) is 0 Å². The average Bonchev–Trinajstić information content (AvgIpc) is 2.40. The van der Waals surface area contributed by atoms with Crippen LogP contribution in [0.25, 0.3) is 21.5 Å². The van der Waals surface area contributed by atoms with Crippen molar-refractivity contribution in [2.24, 2.45) is 4.99 Å². The fourth-order valence-corrected chi connectivity index (χ4v) is 2.65. The van der Waals surface area contributed by atoms with Crippen LogP contribution in [0.3, 0.4) is 0 Å². The van der Waals surface area contributed by atoms with Gasteiger partial charge in [-0.3, -0.25) is 4.99 Å². The lowest BCUT2D eigenvalue weighted by molar-refractivity contribution is 1.48. The molecule has 1 nitrogen and oxygen atoms in total. The number of rotatable bonds is 1. The number of thiol groups is 1. The Kier molecular flexibility index (Phi) is 2.37. The lowest BCUT2D eigenvalue weighted by atomic mass is 10.0. The first kappa shape index (κ1) is 10.4. The van der Waals surface area contributed by atoms with Gasteiger partial charge >= 0.3 is 0 Å². The maximum Gasteiger partial charge on any atom is 0.0840 e. The Labute approximate surface area is 105 Å². The van der Waals surface area contributed by atoms with E-state index < -0.39 is 0 Å². The van der Waals surface area contributed by atoms with E-state index in [4.69, 9.17) is 0 Å². The second-order valence-corrected chi connectivity index (χ2v) is 4.39. The highest BCUT2D eigenvalue weighted by Gasteiger charge is 2.09. The lowest BCUT2D eigenvalue weighted by Gasteiger charge is -2.10. The van der Waals surface area contributed by atoms with Crippen LogP contribution in [0.2, 0.25) is 0 Å². The summed E-state index contributed by atoms with van der Waals surface area (Å²) >= 11 is 4.59. The monoisotopic (exact) mass is 237 g/mol. The first-order chi connectivity index (χ1) is 8.33. The van der Waals surface area contributed by atoms with Crippen molar-refractivity contribution in [1.82, 2.24) is 0 Å². The third kappa shape index (κ3) is 1.45. The molecule has 3 rings (SSSR count). The van der Waals surface area contributed by atoms with Gasteiger partial charge in [0.05, 0.1) is 5.69 Å². The molecule has 17 heavy (non-hydrogen) atoms. The van der Waals surface area contributed by atoms with Gasteiger partial charge in [-0.1, -0.05) is 48.5 Å². The molecule has 0 bridgehead atoms. The van der Waals surface area contributed by atoms with Gasteiger partial charge in [0.15, 0.2) is 0 Å². The summed E-state index contributed by atoms with van der Waals surface area (Å²) in [4.78, 5) is 5.02. The maximum atomic E-state index is 4.59. The van der Waals surface area contributed by atoms with Crippen molar-refractivity contribution in [1.29, 1.82) is 0 Å². The summed E-state index contributed by atoms with van der Waals surface area (Å²) in [5.74, 6) is 0. The Morgan fingerprint density at radius 2 is 1.24 bits per heavy atom. The molecule has 0 fully saturated rings. The van der Waals surface area contributed by atoms with E-state index in [0.717, 1.165) is 21.4 Å². The maximum absolute atomic E-state index is 4.59. The summed E-state index contributed by atoms with van der Waals surface area (Å²) in [5, 5.41) is 4.63. The van der Waals surface area contributed by atoms with Crippen molar-refractivity contribution >= 4 is 46.6 Å². The third-order valence-corrected chi connectivity index (χ3v) is 3.49. The van der Waals surface area contributed by atoms with E-state index in [1.165, 1.54) is 10.8 Å². The molecule has 3 aromatic carbocycles. The van der Waals surface area contributed by atoms with Crippen LogP contribution < -0.4 is 0 Å². The van der Waals surface area contributed by atoms with Gasteiger partial charge in [-0.05, 0) is 22.9 Å². The summed E-state index contributed by atoms with van der Waals surface area (Å²) in [5.41, 5.74) is 0.864. The quantitative estimate of drug-likeness (QED) is 0.360. The molecule has 0 saturated heterocycles. The van der Waals surface area contributed by atoms with E-state index in [1.807, 2.05) is 24.3 Å². The summed E-state index contributed by atoms with van der Waals surface area (Å²) in [6, 6.07) is 16.5. The van der Waals surface area contributed by atoms with Crippen molar-refractivity contribution in [3.8, 4) is 0 Å². The Morgan fingerprint density at radius 1 is 0.765 bits per heavy atom. The van der Waals surface area contributed by atoms with Gasteiger partial charge in [-0.25, -0.2) is 0 Å². The lowest BCUT2D eigenvalue weighted by Crippen LogP contribution is -1.81. The van der Waals surface area contributed by atoms with Crippen LogP contribution in [0.15, 0.2) is 58.4 Å². The summed E-state index contributed by atoms with van der Waals surface area (Å²) in [7, 11) is 0. The van der Waals surface area contributed by atoms with Crippen LogP contribution in [-0.4, -0.2) is 6.72 Å². The van der Waals surface area contributed by atoms with E-state index in [2.05, 4.69) is 48.6 Å². The fourth-order valence-electron chi connectivity index (χ4n) is 2.26. The average molecular weight is 237 g/mol. The number of hydrogen-bond donors (Lipinski definition) is 1. The van der Waals surface area contributed by atoms with Crippen LogP contribution in [0.5, 0.6) is 0 Å². The van der Waals surface area contributed by atoms with Gasteiger partial charge in [0.25, 0.3) is 0 Å². The van der Waals surface area contributed by atoms with Crippen LogP contribution in [0.4, 0.5) is 5.69 Å². The highest BCUT2D eigenvalue weighted by Crippen LogP contribution is 2.39. The predicted molar refractivity (Wildman–Crippen MR) is 77.9 cm³/mol. The first-order valence-electron chi connectivity index (χ1n) is 5.42. The number of fused-ring (bicyclic) bond motifs is 3. The molecule has 2 heteroatoms. The Hall–Kier alpha value is -1.80. The van der Waals surface area contributed by atoms with E-state index in [1.54, 1.807) is 0 Å². The van der Waals surface area contributed by atoms with Crippen molar-refractivity contribution < 1.29 is 0 Å². The van der Waals surface area contributed by atoms with Crippen molar-refractivity contribution in [3.05, 3.63) is 48.5 Å². The molecule has 82 valence electrons. The van der Waals surface area contributed by atoms with Crippen molar-refractivity contribution in [3.63, 3.8) is 0 Å². The predicted octanol–water partition coefficient (Wildman–Crippen LogP) is 4.61. The van der Waals surface area contributed by atoms with Gasteiger partial charge in [0.2, 0.25) is 0 Å². The van der Waals surface area contributed by atoms with Gasteiger partial charge < -0.3 is 0 Å². The molecule has 0 spiro atoms. The molecule has 0 aliphatic heterocycles. The third-order valence-electron chi connectivity index (χ3n) is 3.04. The molecule has 0 heterocycles. The zero-order chi connectivity index (χ0) is 11.8.